The predicted molar refractivity (Wildman–Crippen MR) is 88.5 cm³/mol. The van der Waals surface area contributed by atoms with Crippen LogP contribution < -0.4 is 5.32 Å². The number of nitro groups is 1. The monoisotopic (exact) mass is 340 g/mol. The average Bonchev–Trinajstić information content (AvgIpc) is 3.31. The molecule has 0 radical (unpaired) electrons. The van der Waals surface area contributed by atoms with Crippen LogP contribution in [0.25, 0.3) is 11.5 Å². The highest BCUT2D eigenvalue weighted by atomic mass is 16.6. The Morgan fingerprint density at radius 2 is 2.08 bits per heavy atom. The number of fused-ring (bicyclic) bond motifs is 2. The summed E-state index contributed by atoms with van der Waals surface area (Å²) in [4.78, 5) is 22.9. The molecule has 128 valence electrons. The Morgan fingerprint density at radius 3 is 2.68 bits per heavy atom. The van der Waals surface area contributed by atoms with Crippen molar-refractivity contribution in [2.45, 2.75) is 19.8 Å². The Morgan fingerprint density at radius 1 is 1.32 bits per heavy atom. The van der Waals surface area contributed by atoms with Gasteiger partial charge in [-0.1, -0.05) is 24.2 Å². The van der Waals surface area contributed by atoms with Crippen LogP contribution in [-0.2, 0) is 4.79 Å². The highest BCUT2D eigenvalue weighted by Crippen LogP contribution is 2.52. The summed E-state index contributed by atoms with van der Waals surface area (Å²) in [6, 6.07) is 5.81. The summed E-state index contributed by atoms with van der Waals surface area (Å²) in [6.45, 7) is 1.96. The Kier molecular flexibility index (Phi) is 3.41. The molecule has 2 aliphatic carbocycles. The van der Waals surface area contributed by atoms with E-state index in [1.54, 1.807) is 0 Å². The molecule has 0 saturated heterocycles. The molecule has 8 nitrogen and oxygen atoms in total. The molecule has 1 N–H and O–H groups in total. The average molecular weight is 340 g/mol. The molecular weight excluding hydrogens is 324 g/mol. The first-order valence-corrected chi connectivity index (χ1v) is 8.04. The fourth-order valence-corrected chi connectivity index (χ4v) is 3.71. The number of rotatable bonds is 4. The number of nitro benzene ring substituents is 1. The van der Waals surface area contributed by atoms with Gasteiger partial charge in [-0.15, -0.1) is 5.10 Å². The molecule has 3 atom stereocenters. The van der Waals surface area contributed by atoms with Crippen LogP contribution >= 0.6 is 0 Å². The number of carbonyl (C=O) groups is 1. The smallest absolute Gasteiger partial charge is 0.322 e. The Labute approximate surface area is 143 Å². The minimum absolute atomic E-state index is 0.0194. The van der Waals surface area contributed by atoms with Gasteiger partial charge in [0.05, 0.1) is 10.3 Å². The number of allylic oxidation sites excluding steroid dienone is 2. The lowest BCUT2D eigenvalue weighted by Crippen LogP contribution is -2.37. The van der Waals surface area contributed by atoms with Crippen molar-refractivity contribution < 1.29 is 14.1 Å². The molecule has 2 bridgehead atoms. The van der Waals surface area contributed by atoms with Crippen LogP contribution in [0.3, 0.4) is 0 Å². The first kappa shape index (κ1) is 15.5. The van der Waals surface area contributed by atoms with Crippen molar-refractivity contribution in [3.05, 3.63) is 46.5 Å². The molecular formula is C17H16N4O4. The van der Waals surface area contributed by atoms with Gasteiger partial charge in [0, 0.05) is 17.7 Å². The second-order valence-corrected chi connectivity index (χ2v) is 6.78. The highest BCUT2D eigenvalue weighted by molar-refractivity contribution is 5.94. The van der Waals surface area contributed by atoms with Gasteiger partial charge in [0.1, 0.15) is 0 Å². The number of carbonyl (C=O) groups excluding carboxylic acids is 1. The van der Waals surface area contributed by atoms with Gasteiger partial charge in [0.2, 0.25) is 11.8 Å². The molecule has 0 aliphatic heterocycles. The van der Waals surface area contributed by atoms with Gasteiger partial charge in [-0.25, -0.2) is 0 Å². The van der Waals surface area contributed by atoms with E-state index in [1.165, 1.54) is 24.3 Å². The molecule has 1 amide bonds. The summed E-state index contributed by atoms with van der Waals surface area (Å²) in [6.07, 6.45) is 6.13. The lowest BCUT2D eigenvalue weighted by atomic mass is 9.77. The number of anilines is 1. The number of hydrogen-bond acceptors (Lipinski definition) is 6. The van der Waals surface area contributed by atoms with Gasteiger partial charge < -0.3 is 4.42 Å². The van der Waals surface area contributed by atoms with Crippen molar-refractivity contribution in [3.63, 3.8) is 0 Å². The molecule has 1 heterocycles. The second-order valence-electron chi connectivity index (χ2n) is 6.78. The number of non-ortho nitro benzene ring substituents is 1. The second kappa shape index (κ2) is 5.51. The van der Waals surface area contributed by atoms with Crippen LogP contribution in [0.1, 0.15) is 19.8 Å². The predicted octanol–water partition coefficient (Wildman–Crippen LogP) is 3.19. The van der Waals surface area contributed by atoms with E-state index in [4.69, 9.17) is 4.42 Å². The summed E-state index contributed by atoms with van der Waals surface area (Å²) in [5.41, 5.74) is 0.0724. The molecule has 1 aromatic heterocycles. The maximum atomic E-state index is 12.6. The van der Waals surface area contributed by atoms with Crippen LogP contribution in [0.15, 0.2) is 40.8 Å². The molecule has 2 aliphatic rings. The zero-order valence-corrected chi connectivity index (χ0v) is 13.5. The van der Waals surface area contributed by atoms with Gasteiger partial charge in [-0.3, -0.25) is 20.2 Å². The quantitative estimate of drug-likeness (QED) is 0.520. The third kappa shape index (κ3) is 2.59. The van der Waals surface area contributed by atoms with E-state index in [2.05, 4.69) is 27.7 Å². The minimum Gasteiger partial charge on any atom is -0.403 e. The number of hydrogen-bond donors (Lipinski definition) is 1. The normalized spacial score (nSPS) is 26.8. The third-order valence-electron chi connectivity index (χ3n) is 5.17. The van der Waals surface area contributed by atoms with E-state index in [0.29, 0.717) is 11.5 Å². The topological polar surface area (TPSA) is 111 Å². The van der Waals surface area contributed by atoms with Crippen LogP contribution in [0.4, 0.5) is 11.7 Å². The zero-order valence-electron chi connectivity index (χ0n) is 13.5. The lowest BCUT2D eigenvalue weighted by molar-refractivity contribution is -0.384. The fourth-order valence-electron chi connectivity index (χ4n) is 3.71. The van der Waals surface area contributed by atoms with Gasteiger partial charge in [-0.2, -0.15) is 0 Å². The first-order valence-electron chi connectivity index (χ1n) is 8.04. The molecule has 0 spiro atoms. The van der Waals surface area contributed by atoms with Crippen molar-refractivity contribution in [1.82, 2.24) is 10.2 Å². The summed E-state index contributed by atoms with van der Waals surface area (Å²) < 4.78 is 5.48. The largest absolute Gasteiger partial charge is 0.403 e. The molecule has 0 unspecified atom stereocenters. The molecule has 2 aromatic rings. The molecule has 1 aromatic carbocycles. The van der Waals surface area contributed by atoms with Gasteiger partial charge in [-0.05, 0) is 36.8 Å². The number of amides is 1. The Bertz CT molecular complexity index is 873. The van der Waals surface area contributed by atoms with E-state index in [0.717, 1.165) is 12.8 Å². The number of nitrogens with zero attached hydrogens (tertiary/aromatic N) is 3. The van der Waals surface area contributed by atoms with Crippen molar-refractivity contribution in [3.8, 4) is 11.5 Å². The van der Waals surface area contributed by atoms with Crippen LogP contribution in [0.5, 0.6) is 0 Å². The highest BCUT2D eigenvalue weighted by Gasteiger charge is 2.50. The van der Waals surface area contributed by atoms with Crippen LogP contribution in [-0.4, -0.2) is 21.0 Å². The summed E-state index contributed by atoms with van der Waals surface area (Å²) >= 11 is 0. The molecule has 1 saturated carbocycles. The SMILES string of the molecule is C[C@]1(C(=O)Nc2nnc(-c3ccc([N+](=O)[O-])cc3)o2)C[C@H]2C=C[C@H]1C2. The zero-order chi connectivity index (χ0) is 17.6. The molecule has 8 heteroatoms. The van der Waals surface area contributed by atoms with Crippen LogP contribution in [0, 0.1) is 27.4 Å². The van der Waals surface area contributed by atoms with Crippen molar-refractivity contribution in [1.29, 1.82) is 0 Å². The number of nitrogens with one attached hydrogen (secondary N) is 1. The minimum atomic E-state index is -0.478. The summed E-state index contributed by atoms with van der Waals surface area (Å²) in [5.74, 6) is 0.792. The third-order valence-corrected chi connectivity index (χ3v) is 5.17. The summed E-state index contributed by atoms with van der Waals surface area (Å²) in [5, 5.41) is 21.1. The van der Waals surface area contributed by atoms with E-state index < -0.39 is 10.3 Å². The molecule has 1 fully saturated rings. The standard InChI is InChI=1S/C17H16N4O4/c1-17(9-10-2-5-12(17)8-10)15(22)18-16-20-19-14(25-16)11-3-6-13(7-4-11)21(23)24/h2-7,10,12H,8-9H2,1H3,(H,18,20,22)/t10-,12-,17-/m0/s1. The van der Waals surface area contributed by atoms with Crippen molar-refractivity contribution in [2.75, 3.05) is 5.32 Å². The van der Waals surface area contributed by atoms with Gasteiger partial charge >= 0.3 is 6.01 Å². The molecule has 25 heavy (non-hydrogen) atoms. The first-order chi connectivity index (χ1) is 12.0. The van der Waals surface area contributed by atoms with Gasteiger partial charge in [0.15, 0.2) is 0 Å². The van der Waals surface area contributed by atoms with E-state index >= 15 is 0 Å². The number of aromatic nitrogens is 2. The Hall–Kier alpha value is -3.03. The maximum Gasteiger partial charge on any atom is 0.322 e. The molecule has 4 rings (SSSR count). The van der Waals surface area contributed by atoms with Crippen molar-refractivity contribution >= 4 is 17.6 Å². The van der Waals surface area contributed by atoms with Crippen molar-refractivity contribution in [2.24, 2.45) is 17.3 Å². The number of benzene rings is 1. The van der Waals surface area contributed by atoms with E-state index in [9.17, 15) is 14.9 Å². The maximum absolute atomic E-state index is 12.6. The van der Waals surface area contributed by atoms with E-state index in [-0.39, 0.29) is 29.4 Å². The van der Waals surface area contributed by atoms with E-state index in [1.807, 2.05) is 6.92 Å². The fraction of sp³-hybridized carbons (Fsp3) is 0.353. The lowest BCUT2D eigenvalue weighted by Gasteiger charge is -2.28. The Balaban J connectivity index is 1.49. The van der Waals surface area contributed by atoms with Gasteiger partial charge in [0.25, 0.3) is 5.69 Å². The van der Waals surface area contributed by atoms with Crippen LogP contribution in [0.2, 0.25) is 0 Å². The summed E-state index contributed by atoms with van der Waals surface area (Å²) in [7, 11) is 0.